The van der Waals surface area contributed by atoms with Gasteiger partial charge in [-0.25, -0.2) is 0 Å². The number of hydrogen-bond acceptors (Lipinski definition) is 4. The molecule has 0 spiro atoms. The summed E-state index contributed by atoms with van der Waals surface area (Å²) in [5, 5.41) is 0. The van der Waals surface area contributed by atoms with Crippen molar-refractivity contribution in [2.75, 3.05) is 6.61 Å². The molecule has 0 saturated carbocycles. The van der Waals surface area contributed by atoms with Gasteiger partial charge in [0.05, 0.1) is 17.8 Å². The zero-order valence-electron chi connectivity index (χ0n) is 18.8. The summed E-state index contributed by atoms with van der Waals surface area (Å²) in [6, 6.07) is 10.3. The van der Waals surface area contributed by atoms with Gasteiger partial charge in [-0.3, -0.25) is 4.79 Å². The average Bonchev–Trinajstić information content (AvgIpc) is 2.87. The Balaban J connectivity index is 2.47. The first kappa shape index (κ1) is 23.4. The van der Waals surface area contributed by atoms with Crippen molar-refractivity contribution in [1.29, 1.82) is 0 Å². The summed E-state index contributed by atoms with van der Waals surface area (Å²) in [6.45, 7) is 12.1. The average molecular weight is 398 g/mol. The highest BCUT2D eigenvalue weighted by Crippen LogP contribution is 2.41. The number of hydrogen-bond donors (Lipinski definition) is 0. The Morgan fingerprint density at radius 3 is 2.28 bits per heavy atom. The molecule has 0 unspecified atom stereocenters. The van der Waals surface area contributed by atoms with Crippen molar-refractivity contribution in [3.8, 4) is 0 Å². The SMILES string of the molecule is CCCC/C=C/C(=C(/CCOC(C)=O)B1OC(C)(C)C(C)(C)O1)c1ccccc1. The molecule has 29 heavy (non-hydrogen) atoms. The summed E-state index contributed by atoms with van der Waals surface area (Å²) >= 11 is 0. The molecular weight excluding hydrogens is 363 g/mol. The Labute approximate surface area is 176 Å². The van der Waals surface area contributed by atoms with E-state index in [1.54, 1.807) is 0 Å². The second-order valence-electron chi connectivity index (χ2n) is 8.53. The van der Waals surface area contributed by atoms with E-state index in [1.807, 2.05) is 18.2 Å². The van der Waals surface area contributed by atoms with E-state index in [9.17, 15) is 4.79 Å². The molecule has 0 radical (unpaired) electrons. The number of unbranched alkanes of at least 4 members (excludes halogenated alkanes) is 2. The quantitative estimate of drug-likeness (QED) is 0.229. The van der Waals surface area contributed by atoms with Gasteiger partial charge in [0.2, 0.25) is 0 Å². The summed E-state index contributed by atoms with van der Waals surface area (Å²) in [4.78, 5) is 11.3. The van der Waals surface area contributed by atoms with Crippen molar-refractivity contribution in [1.82, 2.24) is 0 Å². The Hall–Kier alpha value is -1.85. The van der Waals surface area contributed by atoms with Crippen molar-refractivity contribution in [3.63, 3.8) is 0 Å². The second-order valence-corrected chi connectivity index (χ2v) is 8.53. The minimum absolute atomic E-state index is 0.280. The first-order chi connectivity index (χ1) is 13.7. The van der Waals surface area contributed by atoms with Crippen molar-refractivity contribution >= 4 is 18.7 Å². The third-order valence-corrected chi connectivity index (χ3v) is 5.65. The Morgan fingerprint density at radius 2 is 1.72 bits per heavy atom. The van der Waals surface area contributed by atoms with Crippen LogP contribution in [-0.4, -0.2) is 30.9 Å². The number of esters is 1. The van der Waals surface area contributed by atoms with Crippen LogP contribution in [0.5, 0.6) is 0 Å². The van der Waals surface area contributed by atoms with Crippen LogP contribution in [0.15, 0.2) is 48.0 Å². The minimum atomic E-state index is -0.485. The summed E-state index contributed by atoms with van der Waals surface area (Å²) in [5.74, 6) is -0.280. The molecule has 1 saturated heterocycles. The molecule has 4 nitrogen and oxygen atoms in total. The molecule has 0 atom stereocenters. The first-order valence-electron chi connectivity index (χ1n) is 10.6. The van der Waals surface area contributed by atoms with Crippen LogP contribution in [0.1, 0.15) is 72.8 Å². The molecule has 1 fully saturated rings. The van der Waals surface area contributed by atoms with Crippen molar-refractivity contribution < 1.29 is 18.8 Å². The van der Waals surface area contributed by atoms with E-state index < -0.39 is 18.3 Å². The number of ether oxygens (including phenoxy) is 1. The van der Waals surface area contributed by atoms with E-state index >= 15 is 0 Å². The van der Waals surface area contributed by atoms with Gasteiger partial charge in [-0.2, -0.15) is 0 Å². The van der Waals surface area contributed by atoms with Crippen LogP contribution >= 0.6 is 0 Å². The van der Waals surface area contributed by atoms with Gasteiger partial charge in [0, 0.05) is 13.3 Å². The standard InChI is InChI=1S/C24H35BO4/c1-7-8-9-13-16-21(20-14-11-10-12-15-20)22(17-18-27-19(2)26)25-28-23(3,4)24(5,6)29-25/h10-16H,7-9,17-18H2,1-6H3/b16-13+,22-21+. The highest BCUT2D eigenvalue weighted by atomic mass is 16.7. The Morgan fingerprint density at radius 1 is 1.10 bits per heavy atom. The lowest BCUT2D eigenvalue weighted by Crippen LogP contribution is -2.41. The second kappa shape index (κ2) is 10.3. The number of carbonyl (C=O) groups excluding carboxylic acids is 1. The maximum atomic E-state index is 11.3. The molecule has 5 heteroatoms. The molecule has 1 heterocycles. The van der Waals surface area contributed by atoms with Crippen molar-refractivity contribution in [2.24, 2.45) is 0 Å². The fourth-order valence-electron chi connectivity index (χ4n) is 3.20. The van der Waals surface area contributed by atoms with Gasteiger partial charge in [-0.15, -0.1) is 0 Å². The topological polar surface area (TPSA) is 44.8 Å². The van der Waals surface area contributed by atoms with Gasteiger partial charge in [-0.05, 0) is 50.7 Å². The number of allylic oxidation sites excluding steroid dienone is 3. The van der Waals surface area contributed by atoms with Gasteiger partial charge in [0.1, 0.15) is 0 Å². The summed E-state index contributed by atoms with van der Waals surface area (Å²) in [7, 11) is -0.485. The first-order valence-corrected chi connectivity index (χ1v) is 10.6. The largest absolute Gasteiger partial charge is 0.491 e. The molecule has 0 aromatic heterocycles. The van der Waals surface area contributed by atoms with Gasteiger partial charge < -0.3 is 14.0 Å². The number of carbonyl (C=O) groups is 1. The summed E-state index contributed by atoms with van der Waals surface area (Å²) in [5.41, 5.74) is 2.32. The van der Waals surface area contributed by atoms with Gasteiger partial charge in [-0.1, -0.05) is 62.2 Å². The van der Waals surface area contributed by atoms with Crippen LogP contribution < -0.4 is 0 Å². The zero-order chi connectivity index (χ0) is 21.5. The normalized spacial score (nSPS) is 18.8. The number of benzene rings is 1. The fourth-order valence-corrected chi connectivity index (χ4v) is 3.20. The van der Waals surface area contributed by atoms with E-state index in [2.05, 4.69) is 58.9 Å². The molecule has 0 bridgehead atoms. The van der Waals surface area contributed by atoms with Crippen LogP contribution in [0.3, 0.4) is 0 Å². The van der Waals surface area contributed by atoms with E-state index in [0.717, 1.165) is 35.9 Å². The number of rotatable bonds is 9. The molecule has 0 N–H and O–H groups in total. The zero-order valence-corrected chi connectivity index (χ0v) is 18.8. The van der Waals surface area contributed by atoms with Crippen molar-refractivity contribution in [2.45, 2.75) is 78.4 Å². The Bertz CT molecular complexity index is 719. The van der Waals surface area contributed by atoms with Crippen LogP contribution in [0, 0.1) is 0 Å². The van der Waals surface area contributed by atoms with Crippen LogP contribution in [0.25, 0.3) is 5.57 Å². The van der Waals surface area contributed by atoms with Gasteiger partial charge in [0.25, 0.3) is 0 Å². The molecule has 1 aromatic rings. The fraction of sp³-hybridized carbons (Fsp3) is 0.542. The molecule has 158 valence electrons. The predicted molar refractivity (Wildman–Crippen MR) is 119 cm³/mol. The predicted octanol–water partition coefficient (Wildman–Crippen LogP) is 5.77. The monoisotopic (exact) mass is 398 g/mol. The van der Waals surface area contributed by atoms with E-state index in [0.29, 0.717) is 13.0 Å². The van der Waals surface area contributed by atoms with E-state index in [1.165, 1.54) is 6.92 Å². The van der Waals surface area contributed by atoms with Gasteiger partial charge in [0.15, 0.2) is 0 Å². The van der Waals surface area contributed by atoms with Gasteiger partial charge >= 0.3 is 13.1 Å². The van der Waals surface area contributed by atoms with Crippen LogP contribution in [0.2, 0.25) is 0 Å². The maximum Gasteiger partial charge on any atom is 0.491 e. The van der Waals surface area contributed by atoms with Crippen LogP contribution in [0.4, 0.5) is 0 Å². The third-order valence-electron chi connectivity index (χ3n) is 5.65. The highest BCUT2D eigenvalue weighted by Gasteiger charge is 2.52. The van der Waals surface area contributed by atoms with E-state index in [-0.39, 0.29) is 5.97 Å². The molecule has 1 aliphatic heterocycles. The smallest absolute Gasteiger partial charge is 0.466 e. The molecule has 1 aromatic carbocycles. The van der Waals surface area contributed by atoms with Crippen LogP contribution in [-0.2, 0) is 18.8 Å². The lowest BCUT2D eigenvalue weighted by atomic mass is 9.72. The summed E-state index contributed by atoms with van der Waals surface area (Å²) in [6.07, 6.45) is 8.26. The Kier molecular flexibility index (Phi) is 8.29. The lowest BCUT2D eigenvalue weighted by molar-refractivity contribution is -0.140. The molecule has 0 amide bonds. The molecule has 0 aliphatic carbocycles. The molecule has 2 rings (SSSR count). The molecule has 1 aliphatic rings. The van der Waals surface area contributed by atoms with E-state index in [4.69, 9.17) is 14.0 Å². The summed E-state index contributed by atoms with van der Waals surface area (Å²) < 4.78 is 18.0. The molecular formula is C24H35BO4. The van der Waals surface area contributed by atoms with Crippen molar-refractivity contribution in [3.05, 3.63) is 53.5 Å². The highest BCUT2D eigenvalue weighted by molar-refractivity contribution is 6.56. The lowest BCUT2D eigenvalue weighted by Gasteiger charge is -2.32. The maximum absolute atomic E-state index is 11.3. The third kappa shape index (κ3) is 6.32. The minimum Gasteiger partial charge on any atom is -0.466 e.